The predicted octanol–water partition coefficient (Wildman–Crippen LogP) is -4.78. The standard InChI is InChI=1S/2As.3H2O4S/c;;3*1-5(2,3)4/h;;3*(H2,1,2,3,4)/q2*+3;;;/p-6. The molecule has 0 aromatic rings. The summed E-state index contributed by atoms with van der Waals surface area (Å²) in [5.41, 5.74) is 0. The molecular weight excluding hydrogens is 438 g/mol. The van der Waals surface area contributed by atoms with Gasteiger partial charge in [0.25, 0.3) is 0 Å². The van der Waals surface area contributed by atoms with Crippen molar-refractivity contribution in [3.8, 4) is 0 Å². The van der Waals surface area contributed by atoms with Gasteiger partial charge in [0.2, 0.25) is 0 Å². The van der Waals surface area contributed by atoms with E-state index in [0.717, 1.165) is 0 Å². The van der Waals surface area contributed by atoms with Crippen molar-refractivity contribution in [2.24, 2.45) is 0 Å². The molecule has 0 aromatic carbocycles. The van der Waals surface area contributed by atoms with Crippen LogP contribution in [0.1, 0.15) is 0 Å². The molecule has 0 amide bonds. The van der Waals surface area contributed by atoms with Gasteiger partial charge in [-0.1, -0.05) is 0 Å². The summed E-state index contributed by atoms with van der Waals surface area (Å²) in [6, 6.07) is 0. The van der Waals surface area contributed by atoms with Crippen LogP contribution in [0.2, 0.25) is 0 Å². The van der Waals surface area contributed by atoms with Gasteiger partial charge in [-0.05, 0) is 0 Å². The minimum atomic E-state index is -5.17. The van der Waals surface area contributed by atoms with Gasteiger partial charge in [0.1, 0.15) is 0 Å². The number of rotatable bonds is 0. The quantitative estimate of drug-likeness (QED) is 0.197. The maximum atomic E-state index is 8.52. The first kappa shape index (κ1) is 30.6. The molecule has 12 nitrogen and oxygen atoms in total. The van der Waals surface area contributed by atoms with Crippen LogP contribution >= 0.6 is 0 Å². The van der Waals surface area contributed by atoms with Gasteiger partial charge in [0.15, 0.2) is 0 Å². The zero-order chi connectivity index (χ0) is 13.5. The fourth-order valence-electron chi connectivity index (χ4n) is 0. The summed E-state index contributed by atoms with van der Waals surface area (Å²) >= 11 is 0. The summed E-state index contributed by atoms with van der Waals surface area (Å²) in [6.07, 6.45) is 0. The average Bonchev–Trinajstić information content (AvgIpc) is 1.41. The van der Waals surface area contributed by atoms with Gasteiger partial charge in [-0.15, -0.1) is 0 Å². The molecule has 0 aliphatic carbocycles. The van der Waals surface area contributed by atoms with E-state index in [0.29, 0.717) is 0 Å². The Kier molecular flexibility index (Phi) is 21.2. The summed E-state index contributed by atoms with van der Waals surface area (Å²) < 4.78 is 102. The van der Waals surface area contributed by atoms with E-state index in [1.54, 1.807) is 0 Å². The van der Waals surface area contributed by atoms with Crippen LogP contribution < -0.4 is 0 Å². The third-order valence-electron chi connectivity index (χ3n) is 0. The van der Waals surface area contributed by atoms with Crippen molar-refractivity contribution in [2.45, 2.75) is 0 Å². The molecule has 0 spiro atoms. The Morgan fingerprint density at radius 1 is 0.412 bits per heavy atom. The SMILES string of the molecule is O=S(=O)([O-])[O-].O=S(=O)([O-])[O-].O=S(=O)([O-])[O-].[As+3].[As+3]. The molecule has 0 atom stereocenters. The zero-order valence-electron chi connectivity index (χ0n) is 7.02. The fourth-order valence-corrected chi connectivity index (χ4v) is 0. The minimum absolute atomic E-state index is 0. The minimum Gasteiger partial charge on any atom is -0.759 e. The Morgan fingerprint density at radius 3 is 0.412 bits per heavy atom. The molecule has 17 heteroatoms. The van der Waals surface area contributed by atoms with Crippen LogP contribution in [0.3, 0.4) is 0 Å². The third kappa shape index (κ3) is 6870. The van der Waals surface area contributed by atoms with Crippen molar-refractivity contribution >= 4 is 67.1 Å². The van der Waals surface area contributed by atoms with E-state index in [-0.39, 0.29) is 35.9 Å². The first-order valence-corrected chi connectivity index (χ1v) is 6.00. The molecule has 0 saturated carbocycles. The van der Waals surface area contributed by atoms with Crippen molar-refractivity contribution in [1.82, 2.24) is 0 Å². The Bertz CT molecular complexity index is 341. The molecule has 0 fully saturated rings. The van der Waals surface area contributed by atoms with Gasteiger partial charge in [-0.25, -0.2) is 0 Å². The second-order valence-electron chi connectivity index (χ2n) is 1.22. The van der Waals surface area contributed by atoms with E-state index in [9.17, 15) is 0 Å². The summed E-state index contributed by atoms with van der Waals surface area (Å²) in [5, 5.41) is 0. The zero-order valence-corrected chi connectivity index (χ0v) is 13.2. The van der Waals surface area contributed by atoms with Crippen molar-refractivity contribution in [2.75, 3.05) is 0 Å². The van der Waals surface area contributed by atoms with Crippen LogP contribution in [0.15, 0.2) is 0 Å². The molecule has 17 heavy (non-hydrogen) atoms. The fraction of sp³-hybridized carbons (Fsp3) is 0. The van der Waals surface area contributed by atoms with Crippen molar-refractivity contribution < 1.29 is 52.6 Å². The Balaban J connectivity index is -0.0000000400. The van der Waals surface area contributed by atoms with Gasteiger partial charge in [0, 0.05) is 31.2 Å². The van der Waals surface area contributed by atoms with Crippen molar-refractivity contribution in [3.05, 3.63) is 0 Å². The summed E-state index contributed by atoms with van der Waals surface area (Å²) in [6.45, 7) is 0. The largest absolute Gasteiger partial charge is 3.00 e. The predicted molar refractivity (Wildman–Crippen MR) is 42.9 cm³/mol. The summed E-state index contributed by atoms with van der Waals surface area (Å²) in [4.78, 5) is 0. The number of hydrogen-bond donors (Lipinski definition) is 0. The van der Waals surface area contributed by atoms with Crippen molar-refractivity contribution in [1.29, 1.82) is 0 Å². The van der Waals surface area contributed by atoms with Crippen LogP contribution in [0, 0.1) is 0 Å². The molecular formula is As2O12S3. The molecule has 0 bridgehead atoms. The van der Waals surface area contributed by atoms with Gasteiger partial charge in [-0.3, -0.25) is 25.3 Å². The maximum Gasteiger partial charge on any atom is 3.00 e. The topological polar surface area (TPSA) is 241 Å². The number of hydrogen-bond acceptors (Lipinski definition) is 12. The molecule has 0 aromatic heterocycles. The smallest absolute Gasteiger partial charge is 0.759 e. The Labute approximate surface area is 119 Å². The van der Waals surface area contributed by atoms with Crippen molar-refractivity contribution in [3.63, 3.8) is 0 Å². The van der Waals surface area contributed by atoms with Crippen LogP contribution in [0.5, 0.6) is 0 Å². The van der Waals surface area contributed by atoms with Crippen LogP contribution in [-0.2, 0) is 31.2 Å². The van der Waals surface area contributed by atoms with Crippen LogP contribution in [-0.4, -0.2) is 88.5 Å². The van der Waals surface area contributed by atoms with Gasteiger partial charge in [-0.2, -0.15) is 0 Å². The van der Waals surface area contributed by atoms with E-state index in [4.69, 9.17) is 52.6 Å². The molecule has 0 unspecified atom stereocenters. The Morgan fingerprint density at radius 2 is 0.412 bits per heavy atom. The molecule has 0 N–H and O–H groups in total. The van der Waals surface area contributed by atoms with E-state index in [2.05, 4.69) is 0 Å². The van der Waals surface area contributed by atoms with Gasteiger partial charge < -0.3 is 27.3 Å². The molecule has 0 saturated heterocycles. The summed E-state index contributed by atoms with van der Waals surface area (Å²) in [7, 11) is -15.5. The molecule has 0 aliphatic heterocycles. The average molecular weight is 438 g/mol. The van der Waals surface area contributed by atoms with E-state index < -0.39 is 31.2 Å². The van der Waals surface area contributed by atoms with Crippen LogP contribution in [0.4, 0.5) is 0 Å². The molecule has 0 aliphatic rings. The van der Waals surface area contributed by atoms with Crippen LogP contribution in [0.25, 0.3) is 0 Å². The maximum absolute atomic E-state index is 8.52. The van der Waals surface area contributed by atoms with E-state index in [1.165, 1.54) is 0 Å². The monoisotopic (exact) mass is 438 g/mol. The Hall–Kier alpha value is 0.727. The molecule has 0 heterocycles. The molecule has 100 valence electrons. The summed E-state index contributed by atoms with van der Waals surface area (Å²) in [5.74, 6) is 0. The molecule has 0 rings (SSSR count). The first-order valence-electron chi connectivity index (χ1n) is 2.00. The molecule has 4 radical (unpaired) electrons. The third-order valence-corrected chi connectivity index (χ3v) is 0. The first-order chi connectivity index (χ1) is 6.00. The van der Waals surface area contributed by atoms with Gasteiger partial charge >= 0.3 is 35.9 Å². The second kappa shape index (κ2) is 11.8. The van der Waals surface area contributed by atoms with E-state index in [1.807, 2.05) is 0 Å². The van der Waals surface area contributed by atoms with E-state index >= 15 is 0 Å². The normalized spacial score (nSPS) is 10.2. The second-order valence-corrected chi connectivity index (χ2v) is 3.67. The van der Waals surface area contributed by atoms with Gasteiger partial charge in [0.05, 0.1) is 0 Å².